The van der Waals surface area contributed by atoms with Crippen molar-refractivity contribution in [1.29, 1.82) is 0 Å². The highest BCUT2D eigenvalue weighted by molar-refractivity contribution is 9.10. The number of carbonyl (C=O) groups excluding carboxylic acids is 1. The van der Waals surface area contributed by atoms with E-state index in [-0.39, 0.29) is 10.6 Å². The Labute approximate surface area is 178 Å². The Morgan fingerprint density at radius 3 is 2.17 bits per heavy atom. The molecule has 7 heteroatoms. The summed E-state index contributed by atoms with van der Waals surface area (Å²) in [7, 11) is -2.51. The van der Waals surface area contributed by atoms with Crippen molar-refractivity contribution in [1.82, 2.24) is 0 Å². The van der Waals surface area contributed by atoms with Gasteiger partial charge in [-0.05, 0) is 64.0 Å². The van der Waals surface area contributed by atoms with E-state index in [2.05, 4.69) is 15.9 Å². The number of amides is 1. The SMILES string of the molecule is COc1ccc(/C=C/C(=O)N(c2ccccc2)S(=O)(=O)c2ccccc2)cc1Br. The lowest BCUT2D eigenvalue weighted by Gasteiger charge is -2.21. The number of anilines is 1. The van der Waals surface area contributed by atoms with E-state index in [1.165, 1.54) is 18.2 Å². The Bertz CT molecular complexity index is 1130. The van der Waals surface area contributed by atoms with Crippen molar-refractivity contribution in [3.05, 3.63) is 95.0 Å². The van der Waals surface area contributed by atoms with Crippen LogP contribution in [0.5, 0.6) is 5.75 Å². The normalized spacial score (nSPS) is 11.4. The van der Waals surface area contributed by atoms with Gasteiger partial charge in [-0.3, -0.25) is 4.79 Å². The Hall–Kier alpha value is -2.90. The number of ether oxygens (including phenoxy) is 1. The number of nitrogens with zero attached hydrogens (tertiary/aromatic N) is 1. The van der Waals surface area contributed by atoms with Gasteiger partial charge in [0.05, 0.1) is 22.2 Å². The summed E-state index contributed by atoms with van der Waals surface area (Å²) in [5, 5.41) is 0. The van der Waals surface area contributed by atoms with Gasteiger partial charge in [0.2, 0.25) is 0 Å². The minimum absolute atomic E-state index is 0.0396. The van der Waals surface area contributed by atoms with Gasteiger partial charge < -0.3 is 4.74 Å². The topological polar surface area (TPSA) is 63.7 Å². The van der Waals surface area contributed by atoms with Crippen LogP contribution in [0.1, 0.15) is 5.56 Å². The molecule has 0 radical (unpaired) electrons. The molecule has 148 valence electrons. The lowest BCUT2D eigenvalue weighted by atomic mass is 10.2. The summed E-state index contributed by atoms with van der Waals surface area (Å²) in [6.45, 7) is 0. The molecule has 1 amide bonds. The Kier molecular flexibility index (Phi) is 6.51. The fourth-order valence-corrected chi connectivity index (χ4v) is 4.63. The largest absolute Gasteiger partial charge is 0.496 e. The predicted octanol–water partition coefficient (Wildman–Crippen LogP) is 4.89. The molecule has 3 rings (SSSR count). The fraction of sp³-hybridized carbons (Fsp3) is 0.0455. The maximum atomic E-state index is 13.2. The fourth-order valence-electron chi connectivity index (χ4n) is 2.67. The van der Waals surface area contributed by atoms with E-state index in [0.29, 0.717) is 5.75 Å². The van der Waals surface area contributed by atoms with Crippen LogP contribution >= 0.6 is 15.9 Å². The minimum atomic E-state index is -4.07. The molecular weight excluding hydrogens is 454 g/mol. The number of methoxy groups -OCH3 is 1. The first kappa shape index (κ1) is 20.8. The maximum Gasteiger partial charge on any atom is 0.271 e. The third kappa shape index (κ3) is 4.75. The maximum absolute atomic E-state index is 13.2. The summed E-state index contributed by atoms with van der Waals surface area (Å²) in [6.07, 6.45) is 2.80. The second kappa shape index (κ2) is 9.07. The van der Waals surface area contributed by atoms with Crippen molar-refractivity contribution in [2.24, 2.45) is 0 Å². The van der Waals surface area contributed by atoms with Crippen LogP contribution in [-0.4, -0.2) is 21.4 Å². The molecule has 3 aromatic carbocycles. The zero-order valence-electron chi connectivity index (χ0n) is 15.5. The Morgan fingerprint density at radius 1 is 0.966 bits per heavy atom. The van der Waals surface area contributed by atoms with E-state index >= 15 is 0 Å². The average Bonchev–Trinajstić information content (AvgIpc) is 2.74. The van der Waals surface area contributed by atoms with E-state index < -0.39 is 15.9 Å². The summed E-state index contributed by atoms with van der Waals surface area (Å²) in [5.41, 5.74) is 0.984. The number of para-hydroxylation sites is 1. The van der Waals surface area contributed by atoms with E-state index in [9.17, 15) is 13.2 Å². The van der Waals surface area contributed by atoms with Gasteiger partial charge in [-0.2, -0.15) is 4.31 Å². The van der Waals surface area contributed by atoms with Crippen LogP contribution in [0.25, 0.3) is 6.08 Å². The highest BCUT2D eigenvalue weighted by Crippen LogP contribution is 2.27. The van der Waals surface area contributed by atoms with Crippen LogP contribution in [0.2, 0.25) is 0 Å². The number of rotatable bonds is 6. The highest BCUT2D eigenvalue weighted by atomic mass is 79.9. The lowest BCUT2D eigenvalue weighted by molar-refractivity contribution is -0.113. The zero-order chi connectivity index (χ0) is 20.9. The van der Waals surface area contributed by atoms with Crippen LogP contribution in [0.15, 0.2) is 94.3 Å². The summed E-state index contributed by atoms with van der Waals surface area (Å²) >= 11 is 3.39. The zero-order valence-corrected chi connectivity index (χ0v) is 17.9. The molecule has 0 fully saturated rings. The number of halogens is 1. The second-order valence-electron chi connectivity index (χ2n) is 5.98. The van der Waals surface area contributed by atoms with Crippen LogP contribution < -0.4 is 9.04 Å². The molecule has 0 unspecified atom stereocenters. The molecule has 0 spiro atoms. The molecule has 0 aliphatic heterocycles. The Balaban J connectivity index is 1.99. The molecule has 0 saturated carbocycles. The van der Waals surface area contributed by atoms with Crippen molar-refractivity contribution in [3.8, 4) is 5.75 Å². The molecule has 0 heterocycles. The second-order valence-corrected chi connectivity index (χ2v) is 8.62. The van der Waals surface area contributed by atoms with Gasteiger partial charge in [0, 0.05) is 6.08 Å². The van der Waals surface area contributed by atoms with Gasteiger partial charge >= 0.3 is 0 Å². The predicted molar refractivity (Wildman–Crippen MR) is 117 cm³/mol. The molecule has 0 atom stereocenters. The number of hydrogen-bond acceptors (Lipinski definition) is 4. The van der Waals surface area contributed by atoms with Crippen LogP contribution in [0, 0.1) is 0 Å². The molecule has 5 nitrogen and oxygen atoms in total. The summed E-state index contributed by atoms with van der Waals surface area (Å²) in [4.78, 5) is 13.0. The third-order valence-corrected chi connectivity index (χ3v) is 6.43. The van der Waals surface area contributed by atoms with Gasteiger partial charge in [-0.1, -0.05) is 42.5 Å². The van der Waals surface area contributed by atoms with Crippen molar-refractivity contribution in [2.45, 2.75) is 4.90 Å². The molecule has 0 N–H and O–H groups in total. The smallest absolute Gasteiger partial charge is 0.271 e. The monoisotopic (exact) mass is 471 g/mol. The number of carbonyl (C=O) groups is 1. The third-order valence-electron chi connectivity index (χ3n) is 4.07. The van der Waals surface area contributed by atoms with Gasteiger partial charge in [0.1, 0.15) is 5.75 Å². The van der Waals surface area contributed by atoms with Crippen molar-refractivity contribution in [2.75, 3.05) is 11.4 Å². The molecule has 0 aliphatic carbocycles. The van der Waals surface area contributed by atoms with Crippen LogP contribution in [0.4, 0.5) is 5.69 Å². The average molecular weight is 472 g/mol. The molecule has 0 bridgehead atoms. The van der Waals surface area contributed by atoms with E-state index in [0.717, 1.165) is 14.3 Å². The molecule has 29 heavy (non-hydrogen) atoms. The first-order valence-corrected chi connectivity index (χ1v) is 10.9. The molecule has 0 saturated heterocycles. The first-order chi connectivity index (χ1) is 13.9. The molecule has 0 aromatic heterocycles. The van der Waals surface area contributed by atoms with E-state index in [1.54, 1.807) is 79.9 Å². The van der Waals surface area contributed by atoms with Gasteiger partial charge in [0.25, 0.3) is 15.9 Å². The number of sulfonamides is 1. The summed E-state index contributed by atoms with van der Waals surface area (Å²) in [6, 6.07) is 21.5. The lowest BCUT2D eigenvalue weighted by Crippen LogP contribution is -2.35. The van der Waals surface area contributed by atoms with Crippen LogP contribution in [-0.2, 0) is 14.8 Å². The highest BCUT2D eigenvalue weighted by Gasteiger charge is 2.29. The van der Waals surface area contributed by atoms with Crippen molar-refractivity contribution in [3.63, 3.8) is 0 Å². The Morgan fingerprint density at radius 2 is 1.59 bits per heavy atom. The number of benzene rings is 3. The van der Waals surface area contributed by atoms with Crippen LogP contribution in [0.3, 0.4) is 0 Å². The molecular formula is C22H18BrNO4S. The van der Waals surface area contributed by atoms with Gasteiger partial charge in [-0.25, -0.2) is 8.42 Å². The standard InChI is InChI=1S/C22H18BrNO4S/c1-28-21-14-12-17(16-20(21)23)13-15-22(25)24(18-8-4-2-5-9-18)29(26,27)19-10-6-3-7-11-19/h2-16H,1H3/b15-13+. The summed E-state index contributed by atoms with van der Waals surface area (Å²) in [5.74, 6) is -0.0157. The van der Waals surface area contributed by atoms with Gasteiger partial charge in [-0.15, -0.1) is 0 Å². The van der Waals surface area contributed by atoms with E-state index in [4.69, 9.17) is 4.74 Å². The first-order valence-electron chi connectivity index (χ1n) is 8.64. The molecule has 3 aromatic rings. The quantitative estimate of drug-likeness (QED) is 0.479. The van der Waals surface area contributed by atoms with Crippen molar-refractivity contribution >= 4 is 43.6 Å². The van der Waals surface area contributed by atoms with Gasteiger partial charge in [0.15, 0.2) is 0 Å². The molecule has 0 aliphatic rings. The van der Waals surface area contributed by atoms with Crippen molar-refractivity contribution < 1.29 is 17.9 Å². The van der Waals surface area contributed by atoms with E-state index in [1.807, 2.05) is 0 Å². The number of hydrogen-bond donors (Lipinski definition) is 0. The minimum Gasteiger partial charge on any atom is -0.496 e. The summed E-state index contributed by atoms with van der Waals surface area (Å²) < 4.78 is 33.1.